The molecule has 1 aliphatic carbocycles. The van der Waals surface area contributed by atoms with Crippen LogP contribution in [0.1, 0.15) is 52.4 Å². The molecule has 3 atom stereocenters. The largest absolute Gasteiger partial charge is 0.393 e. The molecule has 0 saturated heterocycles. The molecule has 1 heteroatoms. The summed E-state index contributed by atoms with van der Waals surface area (Å²) in [5, 5.41) is 9.71. The summed E-state index contributed by atoms with van der Waals surface area (Å²) < 4.78 is 0. The third kappa shape index (κ3) is 2.78. The minimum absolute atomic E-state index is 0.00718. The molecule has 1 aliphatic rings. The van der Waals surface area contributed by atoms with Crippen molar-refractivity contribution in [2.75, 3.05) is 0 Å². The smallest absolute Gasteiger partial charge is 0.0568 e. The van der Waals surface area contributed by atoms with Crippen LogP contribution < -0.4 is 0 Å². The van der Waals surface area contributed by atoms with Crippen LogP contribution in [-0.2, 0) is 0 Å². The number of rotatable bonds is 3. The van der Waals surface area contributed by atoms with E-state index in [0.717, 1.165) is 12.3 Å². The van der Waals surface area contributed by atoms with Crippen LogP contribution in [0.5, 0.6) is 0 Å². The first kappa shape index (κ1) is 10.0. The molecule has 0 amide bonds. The average Bonchev–Trinajstić information content (AvgIpc) is 2.09. The van der Waals surface area contributed by atoms with Gasteiger partial charge in [-0.2, -0.15) is 0 Å². The summed E-state index contributed by atoms with van der Waals surface area (Å²) >= 11 is 0. The predicted octanol–water partition coefficient (Wildman–Crippen LogP) is 2.97. The van der Waals surface area contributed by atoms with E-state index in [1.807, 2.05) is 0 Å². The first-order valence-corrected chi connectivity index (χ1v) is 5.42. The summed E-state index contributed by atoms with van der Waals surface area (Å²) in [5.74, 6) is 1.40. The molecule has 1 rings (SSSR count). The lowest BCUT2D eigenvalue weighted by molar-refractivity contribution is 0.0571. The second-order valence-corrected chi connectivity index (χ2v) is 4.36. The van der Waals surface area contributed by atoms with Gasteiger partial charge >= 0.3 is 0 Å². The normalized spacial score (nSPS) is 33.2. The summed E-state index contributed by atoms with van der Waals surface area (Å²) in [6, 6.07) is 0. The zero-order valence-corrected chi connectivity index (χ0v) is 8.42. The Morgan fingerprint density at radius 3 is 2.58 bits per heavy atom. The Morgan fingerprint density at radius 1 is 1.33 bits per heavy atom. The Balaban J connectivity index is 2.28. The highest BCUT2D eigenvalue weighted by Crippen LogP contribution is 2.30. The summed E-state index contributed by atoms with van der Waals surface area (Å²) in [7, 11) is 0. The molecule has 72 valence electrons. The Morgan fingerprint density at radius 2 is 2.00 bits per heavy atom. The van der Waals surface area contributed by atoms with E-state index >= 15 is 0 Å². The summed E-state index contributed by atoms with van der Waals surface area (Å²) in [6.45, 7) is 4.53. The summed E-state index contributed by atoms with van der Waals surface area (Å²) in [4.78, 5) is 0. The van der Waals surface area contributed by atoms with E-state index in [1.54, 1.807) is 0 Å². The Hall–Kier alpha value is -0.0400. The van der Waals surface area contributed by atoms with Crippen LogP contribution in [0.25, 0.3) is 0 Å². The molecule has 1 unspecified atom stereocenters. The molecule has 0 aromatic rings. The number of hydrogen-bond donors (Lipinski definition) is 1. The van der Waals surface area contributed by atoms with Crippen LogP contribution in [-0.4, -0.2) is 11.2 Å². The summed E-state index contributed by atoms with van der Waals surface area (Å²) in [5.41, 5.74) is 0. The van der Waals surface area contributed by atoms with Crippen molar-refractivity contribution in [2.24, 2.45) is 11.8 Å². The van der Waals surface area contributed by atoms with Gasteiger partial charge in [-0.15, -0.1) is 0 Å². The van der Waals surface area contributed by atoms with E-state index in [9.17, 15) is 5.11 Å². The van der Waals surface area contributed by atoms with Gasteiger partial charge in [-0.25, -0.2) is 0 Å². The minimum Gasteiger partial charge on any atom is -0.393 e. The zero-order valence-electron chi connectivity index (χ0n) is 8.42. The highest BCUT2D eigenvalue weighted by Gasteiger charge is 2.23. The molecule has 0 aliphatic heterocycles. The number of aliphatic hydroxyl groups excluding tert-OH is 1. The van der Waals surface area contributed by atoms with Crippen LogP contribution in [0, 0.1) is 11.8 Å². The molecule has 0 radical (unpaired) electrons. The van der Waals surface area contributed by atoms with Crippen LogP contribution in [0.2, 0.25) is 0 Å². The van der Waals surface area contributed by atoms with Crippen molar-refractivity contribution in [3.8, 4) is 0 Å². The molecule has 1 fully saturated rings. The minimum atomic E-state index is 0.00718. The molecule has 0 aromatic heterocycles. The molecule has 1 N–H and O–H groups in total. The lowest BCUT2D eigenvalue weighted by atomic mass is 9.80. The fourth-order valence-corrected chi connectivity index (χ4v) is 2.15. The SMILES string of the molecule is CCC(C)C[C@@H]1CCCC[C@H]1O. The molecule has 0 aromatic carbocycles. The van der Waals surface area contributed by atoms with Gasteiger partial charge in [0.2, 0.25) is 0 Å². The van der Waals surface area contributed by atoms with E-state index in [4.69, 9.17) is 0 Å². The third-order valence-electron chi connectivity index (χ3n) is 3.27. The number of aliphatic hydroxyl groups is 1. The molecule has 0 spiro atoms. The van der Waals surface area contributed by atoms with Crippen LogP contribution in [0.15, 0.2) is 0 Å². The van der Waals surface area contributed by atoms with Crippen LogP contribution in [0.3, 0.4) is 0 Å². The highest BCUT2D eigenvalue weighted by molar-refractivity contribution is 4.75. The quantitative estimate of drug-likeness (QED) is 0.690. The maximum absolute atomic E-state index is 9.71. The molecule has 12 heavy (non-hydrogen) atoms. The molecule has 0 heterocycles. The number of hydrogen-bond acceptors (Lipinski definition) is 1. The van der Waals surface area contributed by atoms with E-state index < -0.39 is 0 Å². The second-order valence-electron chi connectivity index (χ2n) is 4.36. The first-order chi connectivity index (χ1) is 5.74. The molecule has 1 saturated carbocycles. The van der Waals surface area contributed by atoms with E-state index in [1.165, 1.54) is 32.1 Å². The standard InChI is InChI=1S/C11H22O/c1-3-9(2)8-10-6-4-5-7-11(10)12/h9-12H,3-8H2,1-2H3/t9?,10-,11+/m0/s1. The lowest BCUT2D eigenvalue weighted by Gasteiger charge is -2.29. The van der Waals surface area contributed by atoms with Gasteiger partial charge in [-0.1, -0.05) is 33.1 Å². The molecular weight excluding hydrogens is 148 g/mol. The Kier molecular flexibility index (Phi) is 4.07. The van der Waals surface area contributed by atoms with Crippen molar-refractivity contribution in [1.29, 1.82) is 0 Å². The van der Waals surface area contributed by atoms with Crippen LogP contribution >= 0.6 is 0 Å². The van der Waals surface area contributed by atoms with Gasteiger partial charge in [0.1, 0.15) is 0 Å². The molecular formula is C11H22O. The zero-order chi connectivity index (χ0) is 8.97. The van der Waals surface area contributed by atoms with Crippen LogP contribution in [0.4, 0.5) is 0 Å². The molecule has 0 bridgehead atoms. The fourth-order valence-electron chi connectivity index (χ4n) is 2.15. The van der Waals surface area contributed by atoms with Crippen molar-refractivity contribution in [3.63, 3.8) is 0 Å². The monoisotopic (exact) mass is 170 g/mol. The predicted molar refractivity (Wildman–Crippen MR) is 52.0 cm³/mol. The molecule has 1 nitrogen and oxygen atoms in total. The summed E-state index contributed by atoms with van der Waals surface area (Å²) in [6.07, 6.45) is 7.36. The highest BCUT2D eigenvalue weighted by atomic mass is 16.3. The van der Waals surface area contributed by atoms with Crippen molar-refractivity contribution in [1.82, 2.24) is 0 Å². The van der Waals surface area contributed by atoms with Crippen molar-refractivity contribution in [3.05, 3.63) is 0 Å². The second kappa shape index (κ2) is 4.86. The van der Waals surface area contributed by atoms with Gasteiger partial charge < -0.3 is 5.11 Å². The van der Waals surface area contributed by atoms with E-state index in [-0.39, 0.29) is 6.10 Å². The van der Waals surface area contributed by atoms with E-state index in [2.05, 4.69) is 13.8 Å². The third-order valence-corrected chi connectivity index (χ3v) is 3.27. The average molecular weight is 170 g/mol. The maximum Gasteiger partial charge on any atom is 0.0568 e. The van der Waals surface area contributed by atoms with Crippen molar-refractivity contribution in [2.45, 2.75) is 58.5 Å². The first-order valence-electron chi connectivity index (χ1n) is 5.42. The van der Waals surface area contributed by atoms with Gasteiger partial charge in [0.25, 0.3) is 0 Å². The van der Waals surface area contributed by atoms with Gasteiger partial charge in [-0.05, 0) is 31.1 Å². The van der Waals surface area contributed by atoms with E-state index in [0.29, 0.717) is 5.92 Å². The Labute approximate surface area is 76.2 Å². The van der Waals surface area contributed by atoms with Gasteiger partial charge in [0.05, 0.1) is 6.10 Å². The van der Waals surface area contributed by atoms with Crippen molar-refractivity contribution >= 4 is 0 Å². The van der Waals surface area contributed by atoms with Gasteiger partial charge in [0.15, 0.2) is 0 Å². The Bertz CT molecular complexity index is 122. The van der Waals surface area contributed by atoms with Gasteiger partial charge in [-0.3, -0.25) is 0 Å². The fraction of sp³-hybridized carbons (Fsp3) is 1.00. The topological polar surface area (TPSA) is 20.2 Å². The lowest BCUT2D eigenvalue weighted by Crippen LogP contribution is -2.25. The van der Waals surface area contributed by atoms with Crippen molar-refractivity contribution < 1.29 is 5.11 Å². The maximum atomic E-state index is 9.71. The van der Waals surface area contributed by atoms with Gasteiger partial charge in [0, 0.05) is 0 Å².